The predicted molar refractivity (Wildman–Crippen MR) is 122 cm³/mol. The van der Waals surface area contributed by atoms with Crippen LogP contribution in [0, 0.1) is 12.7 Å². The van der Waals surface area contributed by atoms with Gasteiger partial charge >= 0.3 is 0 Å². The van der Waals surface area contributed by atoms with Gasteiger partial charge in [0.15, 0.2) is 5.96 Å². The maximum Gasteiger partial charge on any atom is 0.191 e. The molecule has 0 heterocycles. The van der Waals surface area contributed by atoms with Crippen LogP contribution in [0.1, 0.15) is 35.6 Å². The van der Waals surface area contributed by atoms with Gasteiger partial charge in [-0.2, -0.15) is 0 Å². The molecule has 0 amide bonds. The number of guanidine groups is 1. The van der Waals surface area contributed by atoms with Crippen LogP contribution in [0.15, 0.2) is 41.4 Å². The van der Waals surface area contributed by atoms with Crippen molar-refractivity contribution in [1.29, 1.82) is 0 Å². The second-order valence-corrected chi connectivity index (χ2v) is 6.32. The molecule has 0 bridgehead atoms. The molecule has 2 rings (SSSR count). The number of aliphatic hydroxyl groups is 1. The van der Waals surface area contributed by atoms with Crippen LogP contribution in [-0.2, 0) is 19.7 Å². The normalized spacial score (nSPS) is 11.0. The highest BCUT2D eigenvalue weighted by Crippen LogP contribution is 2.20. The molecule has 0 unspecified atom stereocenters. The summed E-state index contributed by atoms with van der Waals surface area (Å²) in [6, 6.07) is 10.8. The third-order valence-corrected chi connectivity index (χ3v) is 4.09. The number of aryl methyl sites for hydroxylation is 1. The highest BCUT2D eigenvalue weighted by atomic mass is 127. The summed E-state index contributed by atoms with van der Waals surface area (Å²) >= 11 is 0. The highest BCUT2D eigenvalue weighted by molar-refractivity contribution is 14.0. The summed E-state index contributed by atoms with van der Waals surface area (Å²) in [5.74, 6) is 1.11. The molecule has 0 saturated carbocycles. The van der Waals surface area contributed by atoms with Crippen molar-refractivity contribution in [2.45, 2.75) is 40.0 Å². The van der Waals surface area contributed by atoms with Crippen molar-refractivity contribution in [2.24, 2.45) is 4.99 Å². The fourth-order valence-electron chi connectivity index (χ4n) is 2.60. The van der Waals surface area contributed by atoms with Crippen LogP contribution in [0.25, 0.3) is 0 Å². The summed E-state index contributed by atoms with van der Waals surface area (Å²) in [6.45, 7) is 5.53. The molecule has 154 valence electrons. The monoisotopic (exact) mass is 501 g/mol. The van der Waals surface area contributed by atoms with E-state index in [1.54, 1.807) is 19.2 Å². The number of benzene rings is 2. The molecule has 0 aliphatic rings. The van der Waals surface area contributed by atoms with E-state index < -0.39 is 5.82 Å². The van der Waals surface area contributed by atoms with E-state index in [1.165, 1.54) is 6.07 Å². The molecule has 3 N–H and O–H groups in total. The number of hydrogen-bond donors (Lipinski definition) is 3. The van der Waals surface area contributed by atoms with Crippen LogP contribution in [-0.4, -0.2) is 24.7 Å². The van der Waals surface area contributed by atoms with Gasteiger partial charge in [-0.05, 0) is 42.7 Å². The summed E-state index contributed by atoms with van der Waals surface area (Å²) in [6.07, 6.45) is 0.956. The lowest BCUT2D eigenvalue weighted by atomic mass is 10.1. The number of ether oxygens (including phenoxy) is 1. The minimum absolute atomic E-state index is 0. The van der Waals surface area contributed by atoms with Gasteiger partial charge in [0.05, 0.1) is 13.2 Å². The second kappa shape index (κ2) is 12.6. The fourth-order valence-corrected chi connectivity index (χ4v) is 2.60. The third kappa shape index (κ3) is 7.27. The summed E-state index contributed by atoms with van der Waals surface area (Å²) < 4.78 is 19.3. The van der Waals surface area contributed by atoms with E-state index in [1.807, 2.05) is 19.1 Å². The minimum atomic E-state index is -0.400. The molecular weight excluding hydrogens is 472 g/mol. The largest absolute Gasteiger partial charge is 0.493 e. The van der Waals surface area contributed by atoms with Crippen molar-refractivity contribution < 1.29 is 14.2 Å². The molecule has 2 aromatic rings. The lowest BCUT2D eigenvalue weighted by Gasteiger charge is -2.15. The maximum atomic E-state index is 13.5. The molecule has 0 atom stereocenters. The van der Waals surface area contributed by atoms with Gasteiger partial charge in [0.2, 0.25) is 0 Å². The Bertz CT molecular complexity index is 784. The van der Waals surface area contributed by atoms with E-state index in [0.29, 0.717) is 25.7 Å². The fraction of sp³-hybridized carbons (Fsp3) is 0.381. The SMILES string of the molecule is CCCOc1cc(C)ccc1CNC(=NC)NCc1ccc(F)c(CO)c1.I. The molecule has 0 saturated heterocycles. The Morgan fingerprint density at radius 3 is 2.54 bits per heavy atom. The van der Waals surface area contributed by atoms with Crippen molar-refractivity contribution in [2.75, 3.05) is 13.7 Å². The highest BCUT2D eigenvalue weighted by Gasteiger charge is 2.07. The van der Waals surface area contributed by atoms with E-state index in [4.69, 9.17) is 4.74 Å². The third-order valence-electron chi connectivity index (χ3n) is 4.09. The van der Waals surface area contributed by atoms with E-state index in [2.05, 4.69) is 28.6 Å². The van der Waals surface area contributed by atoms with Crippen LogP contribution in [0.4, 0.5) is 4.39 Å². The zero-order valence-corrected chi connectivity index (χ0v) is 18.9. The van der Waals surface area contributed by atoms with Gasteiger partial charge in [0.25, 0.3) is 0 Å². The van der Waals surface area contributed by atoms with Crippen molar-refractivity contribution in [3.05, 3.63) is 64.5 Å². The zero-order chi connectivity index (χ0) is 19.6. The van der Waals surface area contributed by atoms with Crippen molar-refractivity contribution in [3.63, 3.8) is 0 Å². The number of hydrogen-bond acceptors (Lipinski definition) is 3. The summed E-state index contributed by atoms with van der Waals surface area (Å²) in [5.41, 5.74) is 3.37. The predicted octanol–water partition coefficient (Wildman–Crippen LogP) is 3.90. The Balaban J connectivity index is 0.00000392. The zero-order valence-electron chi connectivity index (χ0n) is 16.6. The first-order valence-corrected chi connectivity index (χ1v) is 9.12. The first-order valence-electron chi connectivity index (χ1n) is 9.12. The second-order valence-electron chi connectivity index (χ2n) is 6.32. The van der Waals surface area contributed by atoms with E-state index in [9.17, 15) is 9.50 Å². The Labute approximate surface area is 183 Å². The number of halogens is 2. The molecule has 0 aliphatic heterocycles. The Hall–Kier alpha value is -1.87. The molecule has 0 aliphatic carbocycles. The molecule has 2 aromatic carbocycles. The summed E-state index contributed by atoms with van der Waals surface area (Å²) in [5, 5.41) is 15.6. The van der Waals surface area contributed by atoms with Crippen molar-refractivity contribution in [3.8, 4) is 5.75 Å². The molecule has 0 spiro atoms. The summed E-state index contributed by atoms with van der Waals surface area (Å²) in [4.78, 5) is 4.22. The average Bonchev–Trinajstić information content (AvgIpc) is 2.68. The molecule has 28 heavy (non-hydrogen) atoms. The van der Waals surface area contributed by atoms with Gasteiger partial charge in [0.1, 0.15) is 11.6 Å². The lowest BCUT2D eigenvalue weighted by Crippen LogP contribution is -2.36. The Morgan fingerprint density at radius 1 is 1.11 bits per heavy atom. The average molecular weight is 501 g/mol. The topological polar surface area (TPSA) is 65.9 Å². The standard InChI is InChI=1S/C21H28FN3O2.HI/c1-4-9-27-20-10-15(2)5-7-17(20)13-25-21(23-3)24-12-16-6-8-19(22)18(11-16)14-26;/h5-8,10-11,26H,4,9,12-14H2,1-3H3,(H2,23,24,25);1H. The lowest BCUT2D eigenvalue weighted by molar-refractivity contribution is 0.275. The van der Waals surface area contributed by atoms with Crippen LogP contribution >= 0.6 is 24.0 Å². The number of rotatable bonds is 8. The van der Waals surface area contributed by atoms with E-state index in [0.717, 1.165) is 28.9 Å². The van der Waals surface area contributed by atoms with Gasteiger partial charge in [-0.25, -0.2) is 4.39 Å². The van der Waals surface area contributed by atoms with Gasteiger partial charge in [0, 0.05) is 31.3 Å². The first-order chi connectivity index (χ1) is 13.1. The maximum absolute atomic E-state index is 13.5. The van der Waals surface area contributed by atoms with Gasteiger partial charge < -0.3 is 20.5 Å². The van der Waals surface area contributed by atoms with Gasteiger partial charge in [-0.1, -0.05) is 25.1 Å². The van der Waals surface area contributed by atoms with Crippen molar-refractivity contribution >= 4 is 29.9 Å². The van der Waals surface area contributed by atoms with Crippen LogP contribution in [0.2, 0.25) is 0 Å². The van der Waals surface area contributed by atoms with E-state index in [-0.39, 0.29) is 36.1 Å². The molecule has 7 heteroatoms. The van der Waals surface area contributed by atoms with Gasteiger partial charge in [-0.15, -0.1) is 24.0 Å². The molecule has 0 radical (unpaired) electrons. The summed E-state index contributed by atoms with van der Waals surface area (Å²) in [7, 11) is 1.70. The molecular formula is C21H29FIN3O2. The van der Waals surface area contributed by atoms with Gasteiger partial charge in [-0.3, -0.25) is 4.99 Å². The number of nitrogens with one attached hydrogen (secondary N) is 2. The van der Waals surface area contributed by atoms with Crippen molar-refractivity contribution in [1.82, 2.24) is 10.6 Å². The Morgan fingerprint density at radius 2 is 1.86 bits per heavy atom. The van der Waals surface area contributed by atoms with Crippen LogP contribution in [0.3, 0.4) is 0 Å². The van der Waals surface area contributed by atoms with Crippen LogP contribution < -0.4 is 15.4 Å². The van der Waals surface area contributed by atoms with Crippen LogP contribution in [0.5, 0.6) is 5.75 Å². The number of nitrogens with zero attached hydrogens (tertiary/aromatic N) is 1. The molecule has 0 aromatic heterocycles. The minimum Gasteiger partial charge on any atom is -0.493 e. The smallest absolute Gasteiger partial charge is 0.191 e. The number of aliphatic hydroxyl groups excluding tert-OH is 1. The number of aliphatic imine (C=N–C) groups is 1. The van der Waals surface area contributed by atoms with E-state index >= 15 is 0 Å². The first kappa shape index (κ1) is 24.2. The molecule has 5 nitrogen and oxygen atoms in total. The quantitative estimate of drug-likeness (QED) is 0.292. The Kier molecular flexibility index (Phi) is 10.8. The molecule has 0 fully saturated rings.